The van der Waals surface area contributed by atoms with Gasteiger partial charge in [-0.25, -0.2) is 0 Å². The Hall–Kier alpha value is -5.08. The predicted octanol–water partition coefficient (Wildman–Crippen LogP) is 12.3. The lowest BCUT2D eigenvalue weighted by atomic mass is 9.42. The lowest BCUT2D eigenvalue weighted by Crippen LogP contribution is -2.56. The van der Waals surface area contributed by atoms with E-state index in [0.717, 1.165) is 40.4 Å². The van der Waals surface area contributed by atoms with E-state index in [9.17, 15) is 0 Å². The fourth-order valence-electron chi connectivity index (χ4n) is 10.4. The number of nitrogens with zero attached hydrogens (tertiary/aromatic N) is 1. The quantitative estimate of drug-likeness (QED) is 0.190. The van der Waals surface area contributed by atoms with E-state index in [4.69, 9.17) is 4.74 Å². The Morgan fingerprint density at radius 3 is 1.75 bits per heavy atom. The molecule has 0 amide bonds. The van der Waals surface area contributed by atoms with Crippen molar-refractivity contribution in [3.8, 4) is 33.8 Å². The van der Waals surface area contributed by atoms with Gasteiger partial charge in [0.05, 0.1) is 5.69 Å². The SMILES string of the molecule is c1ccc(-c2ccc(N(c3ccc4c(c3)Oc3ccccc3C43C4CC5CC(C4)CC3C5)c3ccccc3-c3ccccc3)cc2)cc1. The minimum Gasteiger partial charge on any atom is -0.457 e. The molecule has 48 heavy (non-hydrogen) atoms. The molecule has 0 atom stereocenters. The topological polar surface area (TPSA) is 12.5 Å². The summed E-state index contributed by atoms with van der Waals surface area (Å²) in [7, 11) is 0. The van der Waals surface area contributed by atoms with Crippen LogP contribution in [0.25, 0.3) is 22.3 Å². The van der Waals surface area contributed by atoms with Crippen molar-refractivity contribution in [1.29, 1.82) is 0 Å². The van der Waals surface area contributed by atoms with Gasteiger partial charge in [0.15, 0.2) is 0 Å². The Morgan fingerprint density at radius 1 is 0.458 bits per heavy atom. The third kappa shape index (κ3) is 4.25. The summed E-state index contributed by atoms with van der Waals surface area (Å²) in [5.74, 6) is 5.26. The van der Waals surface area contributed by atoms with Gasteiger partial charge in [0.1, 0.15) is 11.5 Å². The van der Waals surface area contributed by atoms with Crippen molar-refractivity contribution < 1.29 is 4.74 Å². The number of rotatable bonds is 5. The van der Waals surface area contributed by atoms with Crippen LogP contribution >= 0.6 is 0 Å². The van der Waals surface area contributed by atoms with Crippen molar-refractivity contribution in [2.75, 3.05) is 4.90 Å². The molecule has 0 N–H and O–H groups in total. The third-order valence-corrected chi connectivity index (χ3v) is 12.1. The highest BCUT2D eigenvalue weighted by Gasteiger charge is 2.61. The van der Waals surface area contributed by atoms with E-state index < -0.39 is 0 Å². The Kier molecular flexibility index (Phi) is 6.41. The van der Waals surface area contributed by atoms with Crippen LogP contribution in [0.2, 0.25) is 0 Å². The first kappa shape index (κ1) is 28.0. The average molecular weight is 622 g/mol. The van der Waals surface area contributed by atoms with Crippen LogP contribution in [0.1, 0.15) is 43.2 Å². The number of fused-ring (bicyclic) bond motifs is 2. The molecule has 2 heteroatoms. The zero-order valence-corrected chi connectivity index (χ0v) is 27.1. The van der Waals surface area contributed by atoms with E-state index >= 15 is 0 Å². The molecule has 6 aromatic carbocycles. The summed E-state index contributed by atoms with van der Waals surface area (Å²) in [6.07, 6.45) is 6.87. The molecule has 1 heterocycles. The highest BCUT2D eigenvalue weighted by molar-refractivity contribution is 5.89. The Morgan fingerprint density at radius 2 is 1.02 bits per heavy atom. The van der Waals surface area contributed by atoms with E-state index in [1.807, 2.05) is 0 Å². The van der Waals surface area contributed by atoms with Crippen LogP contribution in [0.5, 0.6) is 11.5 Å². The maximum atomic E-state index is 6.94. The van der Waals surface area contributed by atoms with E-state index in [2.05, 4.69) is 157 Å². The van der Waals surface area contributed by atoms with E-state index in [1.54, 1.807) is 0 Å². The second-order valence-corrected chi connectivity index (χ2v) is 14.6. The summed E-state index contributed by atoms with van der Waals surface area (Å²) in [5, 5.41) is 0. The van der Waals surface area contributed by atoms with E-state index in [0.29, 0.717) is 11.8 Å². The fraction of sp³-hybridized carbons (Fsp3) is 0.217. The van der Waals surface area contributed by atoms with Gasteiger partial charge in [-0.15, -0.1) is 0 Å². The zero-order chi connectivity index (χ0) is 31.7. The van der Waals surface area contributed by atoms with Crippen LogP contribution in [0.3, 0.4) is 0 Å². The smallest absolute Gasteiger partial charge is 0.133 e. The number of ether oxygens (including phenoxy) is 1. The second-order valence-electron chi connectivity index (χ2n) is 14.6. The highest BCUT2D eigenvalue weighted by atomic mass is 16.5. The molecule has 11 rings (SSSR count). The van der Waals surface area contributed by atoms with Crippen LogP contribution in [-0.4, -0.2) is 0 Å². The monoisotopic (exact) mass is 621 g/mol. The van der Waals surface area contributed by atoms with E-state index in [1.165, 1.54) is 65.5 Å². The summed E-state index contributed by atoms with van der Waals surface area (Å²) in [6, 6.07) is 55.3. The molecule has 5 aliphatic rings. The van der Waals surface area contributed by atoms with Gasteiger partial charge in [-0.05, 0) is 103 Å². The minimum atomic E-state index is 0.0419. The molecule has 0 unspecified atom stereocenters. The molecule has 4 aliphatic carbocycles. The average Bonchev–Trinajstić information content (AvgIpc) is 3.14. The van der Waals surface area contributed by atoms with Gasteiger partial charge in [-0.2, -0.15) is 0 Å². The second kappa shape index (κ2) is 11.0. The third-order valence-electron chi connectivity index (χ3n) is 12.1. The van der Waals surface area contributed by atoms with Crippen molar-refractivity contribution in [1.82, 2.24) is 0 Å². The lowest BCUT2D eigenvalue weighted by Gasteiger charge is -2.63. The highest BCUT2D eigenvalue weighted by Crippen LogP contribution is 2.69. The Bertz CT molecular complexity index is 2090. The van der Waals surface area contributed by atoms with Crippen molar-refractivity contribution in [3.63, 3.8) is 0 Å². The van der Waals surface area contributed by atoms with Crippen LogP contribution in [0.15, 0.2) is 152 Å². The van der Waals surface area contributed by atoms with Gasteiger partial charge in [0.2, 0.25) is 0 Å². The molecule has 4 saturated carbocycles. The van der Waals surface area contributed by atoms with Crippen LogP contribution in [0, 0.1) is 23.7 Å². The molecule has 6 aromatic rings. The molecule has 2 nitrogen and oxygen atoms in total. The van der Waals surface area contributed by atoms with Gasteiger partial charge in [0, 0.05) is 39.5 Å². The van der Waals surface area contributed by atoms with Crippen molar-refractivity contribution >= 4 is 17.1 Å². The summed E-state index contributed by atoms with van der Waals surface area (Å²) in [6.45, 7) is 0. The first-order chi connectivity index (χ1) is 23.8. The molecular formula is C46H39NO. The molecule has 4 bridgehead atoms. The Balaban J connectivity index is 1.15. The molecule has 1 spiro atoms. The van der Waals surface area contributed by atoms with Crippen LogP contribution in [0.4, 0.5) is 17.1 Å². The number of benzene rings is 6. The number of hydrogen-bond acceptors (Lipinski definition) is 2. The van der Waals surface area contributed by atoms with Gasteiger partial charge in [-0.1, -0.05) is 115 Å². The predicted molar refractivity (Wildman–Crippen MR) is 196 cm³/mol. The molecule has 0 aromatic heterocycles. The maximum Gasteiger partial charge on any atom is 0.133 e. The molecule has 4 fully saturated rings. The van der Waals surface area contributed by atoms with E-state index in [-0.39, 0.29) is 5.41 Å². The molecule has 1 aliphatic heterocycles. The molecule has 0 saturated heterocycles. The Labute approximate surface area is 283 Å². The first-order valence-electron chi connectivity index (χ1n) is 17.8. The first-order valence-corrected chi connectivity index (χ1v) is 17.8. The van der Waals surface area contributed by atoms with Gasteiger partial charge >= 0.3 is 0 Å². The standard InChI is InChI=1S/C46H39NO/c1-3-11-33(12-4-1)34-19-21-38(22-20-34)47(43-17-9-7-15-40(43)35-13-5-2-6-14-35)39-23-24-42-45(30-39)48-44-18-10-8-16-41(44)46(42)36-26-31-25-32(28-36)29-37(46)27-31/h1-24,30-32,36-37H,25-29H2. The van der Waals surface area contributed by atoms with Crippen molar-refractivity contribution in [2.24, 2.45) is 23.7 Å². The maximum absolute atomic E-state index is 6.94. The molecule has 234 valence electrons. The molecule has 0 radical (unpaired) electrons. The summed E-state index contributed by atoms with van der Waals surface area (Å²) >= 11 is 0. The minimum absolute atomic E-state index is 0.0419. The van der Waals surface area contributed by atoms with Crippen LogP contribution < -0.4 is 9.64 Å². The normalized spacial score (nSPS) is 24.5. The number of anilines is 3. The molecular weight excluding hydrogens is 583 g/mol. The van der Waals surface area contributed by atoms with Crippen LogP contribution in [-0.2, 0) is 5.41 Å². The zero-order valence-electron chi connectivity index (χ0n) is 27.1. The summed E-state index contributed by atoms with van der Waals surface area (Å²) in [5.41, 5.74) is 11.1. The van der Waals surface area contributed by atoms with Gasteiger partial charge in [-0.3, -0.25) is 0 Å². The number of para-hydroxylation sites is 2. The number of hydrogen-bond donors (Lipinski definition) is 0. The summed E-state index contributed by atoms with van der Waals surface area (Å²) < 4.78 is 6.94. The van der Waals surface area contributed by atoms with Crippen molar-refractivity contribution in [3.05, 3.63) is 163 Å². The fourth-order valence-corrected chi connectivity index (χ4v) is 10.4. The lowest BCUT2D eigenvalue weighted by molar-refractivity contribution is -0.0452. The van der Waals surface area contributed by atoms with Gasteiger partial charge < -0.3 is 9.64 Å². The summed E-state index contributed by atoms with van der Waals surface area (Å²) in [4.78, 5) is 2.42. The largest absolute Gasteiger partial charge is 0.457 e. The van der Waals surface area contributed by atoms with Crippen molar-refractivity contribution in [2.45, 2.75) is 37.5 Å². The van der Waals surface area contributed by atoms with Gasteiger partial charge in [0.25, 0.3) is 0 Å².